The third-order valence-corrected chi connectivity index (χ3v) is 3.89. The molecule has 0 aliphatic heterocycles. The van der Waals surface area contributed by atoms with Gasteiger partial charge < -0.3 is 4.42 Å². The van der Waals surface area contributed by atoms with Crippen molar-refractivity contribution in [3.8, 4) is 11.1 Å². The van der Waals surface area contributed by atoms with Crippen LogP contribution < -0.4 is 0 Å². The third-order valence-electron chi connectivity index (χ3n) is 3.89. The lowest BCUT2D eigenvalue weighted by Crippen LogP contribution is -2.09. The molecule has 0 saturated carbocycles. The van der Waals surface area contributed by atoms with E-state index in [1.165, 1.54) is 12.3 Å². The molecule has 4 heterocycles. The Kier molecular flexibility index (Phi) is 3.71. The van der Waals surface area contributed by atoms with Crippen molar-refractivity contribution in [1.82, 2.24) is 29.9 Å². The number of aryl methyl sites for hydroxylation is 1. The zero-order valence-corrected chi connectivity index (χ0v) is 14.0. The van der Waals surface area contributed by atoms with Gasteiger partial charge in [-0.2, -0.15) is 13.9 Å². The molecule has 0 aliphatic carbocycles. The molecule has 0 radical (unpaired) electrons. The Morgan fingerprint density at radius 1 is 1.12 bits per heavy atom. The summed E-state index contributed by atoms with van der Waals surface area (Å²) in [7, 11) is 0. The molecular weight excluding hydrogens is 342 g/mol. The number of fused-ring (bicyclic) bond motifs is 1. The van der Waals surface area contributed by atoms with E-state index in [4.69, 9.17) is 4.42 Å². The minimum atomic E-state index is -3.01. The van der Waals surface area contributed by atoms with Gasteiger partial charge in [0.15, 0.2) is 0 Å². The van der Waals surface area contributed by atoms with E-state index in [-0.39, 0.29) is 5.69 Å². The van der Waals surface area contributed by atoms with Crippen LogP contribution in [-0.2, 0) is 12.5 Å². The van der Waals surface area contributed by atoms with Gasteiger partial charge in [0.2, 0.25) is 11.8 Å². The van der Waals surface area contributed by atoms with Crippen LogP contribution in [0.4, 0.5) is 8.78 Å². The summed E-state index contributed by atoms with van der Waals surface area (Å²) in [5, 5.41) is 12.0. The summed E-state index contributed by atoms with van der Waals surface area (Å²) in [4.78, 5) is 8.11. The van der Waals surface area contributed by atoms with E-state index in [1.807, 2.05) is 6.07 Å². The van der Waals surface area contributed by atoms with Crippen LogP contribution in [0.15, 0.2) is 41.2 Å². The van der Waals surface area contributed by atoms with Crippen molar-refractivity contribution in [2.75, 3.05) is 0 Å². The molecule has 0 amide bonds. The Balaban J connectivity index is 1.74. The largest absolute Gasteiger partial charge is 0.424 e. The zero-order valence-electron chi connectivity index (χ0n) is 14.0. The monoisotopic (exact) mass is 356 g/mol. The van der Waals surface area contributed by atoms with E-state index in [0.29, 0.717) is 35.0 Å². The van der Waals surface area contributed by atoms with E-state index in [1.54, 1.807) is 30.1 Å². The number of pyridine rings is 2. The topological polar surface area (TPSA) is 82.5 Å². The highest BCUT2D eigenvalue weighted by Gasteiger charge is 2.26. The van der Waals surface area contributed by atoms with Crippen LogP contribution in [0.2, 0.25) is 0 Å². The second kappa shape index (κ2) is 5.94. The van der Waals surface area contributed by atoms with Gasteiger partial charge in [-0.1, -0.05) is 0 Å². The summed E-state index contributed by atoms with van der Waals surface area (Å²) >= 11 is 0. The highest BCUT2D eigenvalue weighted by molar-refractivity contribution is 5.80. The second-order valence-corrected chi connectivity index (χ2v) is 5.96. The number of rotatable bonds is 4. The molecule has 0 saturated heterocycles. The summed E-state index contributed by atoms with van der Waals surface area (Å²) in [5.74, 6) is -2.11. The molecule has 26 heavy (non-hydrogen) atoms. The number of aromatic nitrogens is 6. The normalized spacial score (nSPS) is 12.0. The van der Waals surface area contributed by atoms with Gasteiger partial charge >= 0.3 is 0 Å². The van der Waals surface area contributed by atoms with Crippen LogP contribution in [0.1, 0.15) is 24.4 Å². The fourth-order valence-electron chi connectivity index (χ4n) is 2.62. The maximum Gasteiger partial charge on any atom is 0.286 e. The molecule has 0 N–H and O–H groups in total. The fourth-order valence-corrected chi connectivity index (χ4v) is 2.62. The maximum atomic E-state index is 13.5. The first-order valence-corrected chi connectivity index (χ1v) is 7.85. The average molecular weight is 356 g/mol. The zero-order chi connectivity index (χ0) is 18.3. The van der Waals surface area contributed by atoms with E-state index < -0.39 is 5.92 Å². The van der Waals surface area contributed by atoms with Crippen molar-refractivity contribution >= 4 is 11.0 Å². The van der Waals surface area contributed by atoms with Gasteiger partial charge in [-0.15, -0.1) is 10.2 Å². The lowest BCUT2D eigenvalue weighted by atomic mass is 10.1. The number of hydrogen-bond acceptors (Lipinski definition) is 6. The van der Waals surface area contributed by atoms with Crippen molar-refractivity contribution < 1.29 is 13.2 Å². The molecule has 132 valence electrons. The molecule has 0 aliphatic rings. The fraction of sp³-hybridized carbons (Fsp3) is 0.235. The average Bonchev–Trinajstić information content (AvgIpc) is 3.20. The molecule has 7 nitrogen and oxygen atoms in total. The van der Waals surface area contributed by atoms with Crippen molar-refractivity contribution in [2.24, 2.45) is 0 Å². The molecule has 0 atom stereocenters. The van der Waals surface area contributed by atoms with E-state index >= 15 is 0 Å². The Hall–Kier alpha value is -3.23. The van der Waals surface area contributed by atoms with Gasteiger partial charge in [0, 0.05) is 31.8 Å². The molecule has 0 spiro atoms. The summed E-state index contributed by atoms with van der Waals surface area (Å²) < 4.78 is 34.1. The van der Waals surface area contributed by atoms with Crippen LogP contribution in [0.5, 0.6) is 0 Å². The summed E-state index contributed by atoms with van der Waals surface area (Å²) in [6.07, 6.45) is 4.61. The summed E-state index contributed by atoms with van der Waals surface area (Å²) in [6.45, 7) is 2.83. The van der Waals surface area contributed by atoms with Gasteiger partial charge in [0.1, 0.15) is 17.8 Å². The van der Waals surface area contributed by atoms with Gasteiger partial charge in [-0.3, -0.25) is 14.6 Å². The highest BCUT2D eigenvalue weighted by Crippen LogP contribution is 2.29. The molecular formula is C17H14F2N6O. The summed E-state index contributed by atoms with van der Waals surface area (Å²) in [6, 6.07) is 4.87. The first-order valence-electron chi connectivity index (χ1n) is 7.85. The van der Waals surface area contributed by atoms with Crippen LogP contribution in [0.3, 0.4) is 0 Å². The lowest BCUT2D eigenvalue weighted by molar-refractivity contribution is 0.0128. The van der Waals surface area contributed by atoms with Crippen LogP contribution >= 0.6 is 0 Å². The molecule has 4 aromatic heterocycles. The van der Waals surface area contributed by atoms with Crippen LogP contribution in [0.25, 0.3) is 22.2 Å². The minimum absolute atomic E-state index is 0.287. The number of halogens is 2. The Morgan fingerprint density at radius 3 is 2.69 bits per heavy atom. The predicted molar refractivity (Wildman–Crippen MR) is 88.5 cm³/mol. The number of hydrogen-bond donors (Lipinski definition) is 0. The molecule has 0 bridgehead atoms. The van der Waals surface area contributed by atoms with Gasteiger partial charge in [0.05, 0.1) is 11.7 Å². The highest BCUT2D eigenvalue weighted by atomic mass is 19.3. The molecule has 0 fully saturated rings. The van der Waals surface area contributed by atoms with Gasteiger partial charge in [-0.25, -0.2) is 0 Å². The Labute approximate surface area is 146 Å². The first kappa shape index (κ1) is 16.2. The number of alkyl halides is 2. The van der Waals surface area contributed by atoms with Gasteiger partial charge in [-0.05, 0) is 23.8 Å². The van der Waals surface area contributed by atoms with E-state index in [9.17, 15) is 8.78 Å². The minimum Gasteiger partial charge on any atom is -0.424 e. The summed E-state index contributed by atoms with van der Waals surface area (Å²) in [5.41, 5.74) is 2.42. The quantitative estimate of drug-likeness (QED) is 0.558. The van der Waals surface area contributed by atoms with Gasteiger partial charge in [0.25, 0.3) is 5.92 Å². The second-order valence-electron chi connectivity index (χ2n) is 5.96. The Morgan fingerprint density at radius 2 is 1.96 bits per heavy atom. The van der Waals surface area contributed by atoms with Crippen LogP contribution in [0, 0.1) is 6.92 Å². The third kappa shape index (κ3) is 3.03. The molecule has 0 unspecified atom stereocenters. The molecule has 9 heteroatoms. The standard InChI is InChI=1S/C17H14F2N6O/c1-10-23-24-16(26-10)9-25-14-5-12(7-21-13(14)8-22-25)11-3-4-20-15(6-11)17(2,18)19/h3-8H,9H2,1-2H3. The molecule has 4 aromatic rings. The van der Waals surface area contributed by atoms with Crippen molar-refractivity contribution in [3.63, 3.8) is 0 Å². The van der Waals surface area contributed by atoms with Crippen LogP contribution in [-0.4, -0.2) is 29.9 Å². The van der Waals surface area contributed by atoms with Crippen molar-refractivity contribution in [2.45, 2.75) is 26.3 Å². The number of nitrogens with zero attached hydrogens (tertiary/aromatic N) is 6. The Bertz CT molecular complexity index is 1080. The first-order chi connectivity index (χ1) is 12.4. The molecule has 0 aromatic carbocycles. The smallest absolute Gasteiger partial charge is 0.286 e. The van der Waals surface area contributed by atoms with E-state index in [0.717, 1.165) is 12.4 Å². The SMILES string of the molecule is Cc1nnc(Cn2ncc3ncc(-c4ccnc(C(C)(F)F)c4)cc32)o1. The van der Waals surface area contributed by atoms with Crippen molar-refractivity contribution in [1.29, 1.82) is 0 Å². The van der Waals surface area contributed by atoms with Crippen molar-refractivity contribution in [3.05, 3.63) is 54.3 Å². The predicted octanol–water partition coefficient (Wildman–Crippen LogP) is 3.34. The lowest BCUT2D eigenvalue weighted by Gasteiger charge is -2.11. The maximum absolute atomic E-state index is 13.5. The van der Waals surface area contributed by atoms with E-state index in [2.05, 4.69) is 25.3 Å². The molecule has 4 rings (SSSR count).